The highest BCUT2D eigenvalue weighted by atomic mass is 32.2. The van der Waals surface area contributed by atoms with Crippen LogP contribution in [0, 0.1) is 0 Å². The summed E-state index contributed by atoms with van der Waals surface area (Å²) in [5.41, 5.74) is 0.426. The number of methoxy groups -OCH3 is 1. The van der Waals surface area contributed by atoms with E-state index in [4.69, 9.17) is 9.47 Å². The molecule has 1 aliphatic carbocycles. The molecule has 160 valence electrons. The van der Waals surface area contributed by atoms with E-state index in [1.54, 1.807) is 36.4 Å². The smallest absolute Gasteiger partial charge is 0.264 e. The normalized spacial score (nSPS) is 19.5. The summed E-state index contributed by atoms with van der Waals surface area (Å²) in [6.07, 6.45) is 4.36. The molecular weight excluding hydrogens is 404 g/mol. The van der Waals surface area contributed by atoms with E-state index < -0.39 is 16.1 Å². The van der Waals surface area contributed by atoms with Crippen LogP contribution in [-0.2, 0) is 14.8 Å². The van der Waals surface area contributed by atoms with E-state index in [9.17, 15) is 13.2 Å². The molecule has 1 amide bonds. The molecule has 1 saturated carbocycles. The van der Waals surface area contributed by atoms with Crippen molar-refractivity contribution in [2.45, 2.75) is 49.1 Å². The van der Waals surface area contributed by atoms with Gasteiger partial charge in [-0.25, -0.2) is 8.42 Å². The molecule has 4 rings (SSSR count). The van der Waals surface area contributed by atoms with Crippen molar-refractivity contribution in [1.29, 1.82) is 0 Å². The summed E-state index contributed by atoms with van der Waals surface area (Å²) in [6.45, 7) is -0.0794. The van der Waals surface area contributed by atoms with Gasteiger partial charge in [-0.15, -0.1) is 0 Å². The number of amides is 1. The molecule has 1 aliphatic heterocycles. The first-order chi connectivity index (χ1) is 14.5. The van der Waals surface area contributed by atoms with Crippen molar-refractivity contribution in [3.8, 4) is 11.5 Å². The van der Waals surface area contributed by atoms with E-state index >= 15 is 0 Å². The topological polar surface area (TPSA) is 84.9 Å². The largest absolute Gasteiger partial charge is 0.497 e. The average Bonchev–Trinajstić information content (AvgIpc) is 2.79. The zero-order valence-electron chi connectivity index (χ0n) is 16.9. The maximum atomic E-state index is 13.4. The lowest BCUT2D eigenvalue weighted by molar-refractivity contribution is -0.128. The number of para-hydroxylation sites is 2. The van der Waals surface area contributed by atoms with Gasteiger partial charge in [0.1, 0.15) is 11.5 Å². The first-order valence-corrected chi connectivity index (χ1v) is 11.7. The van der Waals surface area contributed by atoms with Crippen LogP contribution in [-0.4, -0.2) is 40.1 Å². The molecule has 0 spiro atoms. The highest BCUT2D eigenvalue weighted by Crippen LogP contribution is 2.37. The van der Waals surface area contributed by atoms with Crippen LogP contribution in [0.1, 0.15) is 32.1 Å². The summed E-state index contributed by atoms with van der Waals surface area (Å²) < 4.78 is 39.1. The predicted molar refractivity (Wildman–Crippen MR) is 113 cm³/mol. The number of hydrogen-bond donors (Lipinski definition) is 1. The maximum absolute atomic E-state index is 13.4. The lowest BCUT2D eigenvalue weighted by atomic mass is 9.95. The second-order valence-corrected chi connectivity index (χ2v) is 9.49. The molecule has 30 heavy (non-hydrogen) atoms. The predicted octanol–water partition coefficient (Wildman–Crippen LogP) is 3.10. The Balaban J connectivity index is 1.61. The Hall–Kier alpha value is -2.74. The van der Waals surface area contributed by atoms with Gasteiger partial charge in [0.25, 0.3) is 15.9 Å². The third-order valence-corrected chi connectivity index (χ3v) is 7.42. The minimum atomic E-state index is -3.88. The van der Waals surface area contributed by atoms with E-state index in [0.29, 0.717) is 17.2 Å². The fourth-order valence-corrected chi connectivity index (χ4v) is 5.46. The van der Waals surface area contributed by atoms with Gasteiger partial charge in [-0.1, -0.05) is 31.4 Å². The summed E-state index contributed by atoms with van der Waals surface area (Å²) in [4.78, 5) is 13.0. The van der Waals surface area contributed by atoms with Crippen molar-refractivity contribution in [3.05, 3.63) is 48.5 Å². The average molecular weight is 431 g/mol. The second-order valence-electron chi connectivity index (χ2n) is 7.63. The Morgan fingerprint density at radius 1 is 1.07 bits per heavy atom. The van der Waals surface area contributed by atoms with Crippen molar-refractivity contribution in [3.63, 3.8) is 0 Å². The van der Waals surface area contributed by atoms with Gasteiger partial charge < -0.3 is 14.8 Å². The van der Waals surface area contributed by atoms with Gasteiger partial charge in [0.05, 0.1) is 24.2 Å². The molecule has 1 atom stereocenters. The number of fused-ring (bicyclic) bond motifs is 1. The van der Waals surface area contributed by atoms with Crippen molar-refractivity contribution < 1.29 is 22.7 Å². The van der Waals surface area contributed by atoms with Crippen molar-refractivity contribution in [1.82, 2.24) is 5.32 Å². The van der Waals surface area contributed by atoms with Gasteiger partial charge >= 0.3 is 0 Å². The minimum Gasteiger partial charge on any atom is -0.497 e. The lowest BCUT2D eigenvalue weighted by Gasteiger charge is -2.35. The molecule has 0 aromatic heterocycles. The fraction of sp³-hybridized carbons (Fsp3) is 0.409. The minimum absolute atomic E-state index is 0.0794. The number of carbonyl (C=O) groups is 1. The number of hydrogen-bond acceptors (Lipinski definition) is 5. The second kappa shape index (κ2) is 8.55. The van der Waals surface area contributed by atoms with Crippen molar-refractivity contribution in [2.75, 3.05) is 18.0 Å². The number of sulfonamides is 1. The number of nitrogens with one attached hydrogen (secondary N) is 1. The molecule has 2 aromatic carbocycles. The third kappa shape index (κ3) is 4.09. The Morgan fingerprint density at radius 2 is 1.77 bits per heavy atom. The Kier molecular flexibility index (Phi) is 5.85. The number of benzene rings is 2. The summed E-state index contributed by atoms with van der Waals surface area (Å²) in [5, 5.41) is 3.04. The number of carbonyl (C=O) groups excluding carboxylic acids is 1. The van der Waals surface area contributed by atoms with Crippen LogP contribution in [0.25, 0.3) is 0 Å². The van der Waals surface area contributed by atoms with Crippen LogP contribution < -0.4 is 19.1 Å². The molecule has 0 saturated heterocycles. The molecular formula is C22H26N2O5S. The number of rotatable bonds is 5. The molecule has 0 radical (unpaired) electrons. The van der Waals surface area contributed by atoms with Gasteiger partial charge in [0.15, 0.2) is 6.10 Å². The Labute approximate surface area is 177 Å². The molecule has 1 fully saturated rings. The SMILES string of the molecule is COc1ccc(S(=O)(=O)N2CC(C(=O)NC3CCCCC3)Oc3ccccc32)cc1. The quantitative estimate of drug-likeness (QED) is 0.788. The summed E-state index contributed by atoms with van der Waals surface area (Å²) in [5.74, 6) is 0.678. The monoisotopic (exact) mass is 430 g/mol. The van der Waals surface area contributed by atoms with Crippen molar-refractivity contribution in [2.24, 2.45) is 0 Å². The molecule has 8 heteroatoms. The van der Waals surface area contributed by atoms with Crippen LogP contribution in [0.4, 0.5) is 5.69 Å². The van der Waals surface area contributed by atoms with Crippen LogP contribution >= 0.6 is 0 Å². The molecule has 2 aromatic rings. The summed E-state index contributed by atoms with van der Waals surface area (Å²) in [6, 6.07) is 13.2. The van der Waals surface area contributed by atoms with Gasteiger partial charge in [-0.05, 0) is 49.2 Å². The summed E-state index contributed by atoms with van der Waals surface area (Å²) in [7, 11) is -2.36. The molecule has 0 bridgehead atoms. The maximum Gasteiger partial charge on any atom is 0.264 e. The fourth-order valence-electron chi connectivity index (χ4n) is 3.98. The van der Waals surface area contributed by atoms with Gasteiger partial charge in [0.2, 0.25) is 0 Å². The van der Waals surface area contributed by atoms with Gasteiger partial charge in [0, 0.05) is 6.04 Å². The van der Waals surface area contributed by atoms with Crippen LogP contribution in [0.3, 0.4) is 0 Å². The zero-order chi connectivity index (χ0) is 21.1. The van der Waals surface area contributed by atoms with Crippen LogP contribution in [0.15, 0.2) is 53.4 Å². The molecule has 1 unspecified atom stereocenters. The first kappa shape index (κ1) is 20.5. The van der Waals surface area contributed by atoms with E-state index in [1.807, 2.05) is 0 Å². The van der Waals surface area contributed by atoms with Crippen molar-refractivity contribution >= 4 is 21.6 Å². The first-order valence-electron chi connectivity index (χ1n) is 10.2. The van der Waals surface area contributed by atoms with Crippen LogP contribution in [0.5, 0.6) is 11.5 Å². The Bertz CT molecular complexity index is 1000. The zero-order valence-corrected chi connectivity index (χ0v) is 17.7. The standard InChI is InChI=1S/C22H26N2O5S/c1-28-17-11-13-18(14-12-17)30(26,27)24-15-21(29-20-10-6-5-9-19(20)24)22(25)23-16-7-3-2-4-8-16/h5-6,9-14,16,21H,2-4,7-8,15H2,1H3,(H,23,25). The van der Waals surface area contributed by atoms with E-state index in [2.05, 4.69) is 5.32 Å². The van der Waals surface area contributed by atoms with Gasteiger partial charge in [-0.2, -0.15) is 0 Å². The number of nitrogens with zero attached hydrogens (tertiary/aromatic N) is 1. The molecule has 1 heterocycles. The van der Waals surface area contributed by atoms with Crippen LogP contribution in [0.2, 0.25) is 0 Å². The number of anilines is 1. The molecule has 1 N–H and O–H groups in total. The highest BCUT2D eigenvalue weighted by Gasteiger charge is 2.38. The third-order valence-electron chi connectivity index (χ3n) is 5.63. The lowest BCUT2D eigenvalue weighted by Crippen LogP contribution is -2.52. The Morgan fingerprint density at radius 3 is 2.47 bits per heavy atom. The summed E-state index contributed by atoms with van der Waals surface area (Å²) >= 11 is 0. The molecule has 7 nitrogen and oxygen atoms in total. The van der Waals surface area contributed by atoms with E-state index in [0.717, 1.165) is 25.7 Å². The highest BCUT2D eigenvalue weighted by molar-refractivity contribution is 7.92. The number of ether oxygens (including phenoxy) is 2. The molecule has 2 aliphatic rings. The van der Waals surface area contributed by atoms with E-state index in [1.165, 1.54) is 30.0 Å². The van der Waals surface area contributed by atoms with E-state index in [-0.39, 0.29) is 23.4 Å². The van der Waals surface area contributed by atoms with Gasteiger partial charge in [-0.3, -0.25) is 9.10 Å².